The van der Waals surface area contributed by atoms with Crippen LogP contribution in [0.5, 0.6) is 0 Å². The summed E-state index contributed by atoms with van der Waals surface area (Å²) in [6.07, 6.45) is 5.15. The molecular weight excluding hydrogens is 350 g/mol. The first-order chi connectivity index (χ1) is 13.3. The highest BCUT2D eigenvalue weighted by molar-refractivity contribution is 5.89. The molecule has 3 N–H and O–H groups in total. The van der Waals surface area contributed by atoms with Gasteiger partial charge in [-0.25, -0.2) is 9.97 Å². The van der Waals surface area contributed by atoms with Crippen molar-refractivity contribution in [3.05, 3.63) is 53.3 Å². The SMILES string of the molecule is CN(Cc1ccccc1)c1ncc2c(n1)CC(C)(C)C[C@@H]2NC(=O)C1(N)CC1. The zero-order chi connectivity index (χ0) is 19.9. The third-order valence-electron chi connectivity index (χ3n) is 5.82. The van der Waals surface area contributed by atoms with Gasteiger partial charge < -0.3 is 16.0 Å². The summed E-state index contributed by atoms with van der Waals surface area (Å²) in [5, 5.41) is 3.16. The average Bonchev–Trinajstić information content (AvgIpc) is 3.40. The van der Waals surface area contributed by atoms with Crippen molar-refractivity contribution in [2.75, 3.05) is 11.9 Å². The highest BCUT2D eigenvalue weighted by Crippen LogP contribution is 2.41. The summed E-state index contributed by atoms with van der Waals surface area (Å²) < 4.78 is 0. The molecule has 1 amide bonds. The molecule has 0 radical (unpaired) electrons. The summed E-state index contributed by atoms with van der Waals surface area (Å²) in [4.78, 5) is 24.0. The standard InChI is InChI=1S/C22H29N5O/c1-21(2)11-17(25-19(28)22(23)9-10-22)16-13-24-20(26-18(16)12-21)27(3)14-15-7-5-4-6-8-15/h4-8,13,17H,9-12,14,23H2,1-3H3,(H,25,28)/t17-/m0/s1. The number of aromatic nitrogens is 2. The van der Waals surface area contributed by atoms with Gasteiger partial charge in [0.05, 0.1) is 17.3 Å². The Kier molecular flexibility index (Phi) is 4.62. The van der Waals surface area contributed by atoms with Crippen molar-refractivity contribution in [3.8, 4) is 0 Å². The topological polar surface area (TPSA) is 84.1 Å². The minimum Gasteiger partial charge on any atom is -0.348 e. The van der Waals surface area contributed by atoms with Gasteiger partial charge in [-0.05, 0) is 36.7 Å². The Morgan fingerprint density at radius 2 is 2.00 bits per heavy atom. The number of amides is 1. The van der Waals surface area contributed by atoms with Crippen molar-refractivity contribution in [1.82, 2.24) is 15.3 Å². The first kappa shape index (κ1) is 18.9. The van der Waals surface area contributed by atoms with Crippen LogP contribution in [0.15, 0.2) is 36.5 Å². The van der Waals surface area contributed by atoms with E-state index >= 15 is 0 Å². The Labute approximate surface area is 166 Å². The number of benzene rings is 1. The molecule has 0 bridgehead atoms. The van der Waals surface area contributed by atoms with Crippen LogP contribution in [0, 0.1) is 5.41 Å². The number of nitrogens with one attached hydrogen (secondary N) is 1. The van der Waals surface area contributed by atoms with Crippen LogP contribution < -0.4 is 16.0 Å². The van der Waals surface area contributed by atoms with Gasteiger partial charge in [-0.2, -0.15) is 0 Å². The van der Waals surface area contributed by atoms with Crippen molar-refractivity contribution in [2.45, 2.75) is 57.7 Å². The smallest absolute Gasteiger partial charge is 0.240 e. The van der Waals surface area contributed by atoms with Crippen LogP contribution in [-0.4, -0.2) is 28.5 Å². The molecule has 148 valence electrons. The van der Waals surface area contributed by atoms with Gasteiger partial charge >= 0.3 is 0 Å². The lowest BCUT2D eigenvalue weighted by atomic mass is 9.74. The van der Waals surface area contributed by atoms with Gasteiger partial charge in [-0.3, -0.25) is 4.79 Å². The second kappa shape index (κ2) is 6.85. The molecule has 1 atom stereocenters. The predicted molar refractivity (Wildman–Crippen MR) is 110 cm³/mol. The molecule has 6 heteroatoms. The zero-order valence-electron chi connectivity index (χ0n) is 16.9. The average molecular weight is 380 g/mol. The maximum atomic E-state index is 12.5. The number of hydrogen-bond donors (Lipinski definition) is 2. The van der Waals surface area contributed by atoms with Crippen molar-refractivity contribution in [1.29, 1.82) is 0 Å². The lowest BCUT2D eigenvalue weighted by molar-refractivity contribution is -0.124. The summed E-state index contributed by atoms with van der Waals surface area (Å²) in [5.74, 6) is 0.661. The number of fused-ring (bicyclic) bond motifs is 1. The van der Waals surface area contributed by atoms with Gasteiger partial charge in [-0.1, -0.05) is 44.2 Å². The van der Waals surface area contributed by atoms with Gasteiger partial charge in [0.25, 0.3) is 0 Å². The summed E-state index contributed by atoms with van der Waals surface area (Å²) >= 11 is 0. The lowest BCUT2D eigenvalue weighted by Gasteiger charge is -2.37. The molecule has 2 aliphatic rings. The molecule has 1 heterocycles. The number of nitrogens with zero attached hydrogens (tertiary/aromatic N) is 3. The van der Waals surface area contributed by atoms with Gasteiger partial charge in [-0.15, -0.1) is 0 Å². The van der Waals surface area contributed by atoms with Crippen LogP contribution in [-0.2, 0) is 17.8 Å². The van der Waals surface area contributed by atoms with Crippen LogP contribution >= 0.6 is 0 Å². The quantitative estimate of drug-likeness (QED) is 0.834. The number of rotatable bonds is 5. The number of anilines is 1. The van der Waals surface area contributed by atoms with E-state index in [1.807, 2.05) is 31.4 Å². The Morgan fingerprint density at radius 3 is 2.68 bits per heavy atom. The Balaban J connectivity index is 1.57. The molecule has 1 saturated carbocycles. The molecule has 4 rings (SSSR count). The van der Waals surface area contributed by atoms with Crippen molar-refractivity contribution < 1.29 is 4.79 Å². The fraction of sp³-hybridized carbons (Fsp3) is 0.500. The predicted octanol–water partition coefficient (Wildman–Crippen LogP) is 2.73. The molecule has 2 aliphatic carbocycles. The number of carbonyl (C=O) groups excluding carboxylic acids is 1. The van der Waals surface area contributed by atoms with E-state index < -0.39 is 5.54 Å². The molecule has 0 aliphatic heterocycles. The van der Waals surface area contributed by atoms with E-state index in [1.54, 1.807) is 0 Å². The van der Waals surface area contributed by atoms with E-state index in [9.17, 15) is 4.79 Å². The molecule has 1 fully saturated rings. The van der Waals surface area contributed by atoms with Crippen molar-refractivity contribution >= 4 is 11.9 Å². The van der Waals surface area contributed by atoms with Gasteiger partial charge in [0.15, 0.2) is 0 Å². The number of hydrogen-bond acceptors (Lipinski definition) is 5. The van der Waals surface area contributed by atoms with Crippen LogP contribution in [0.3, 0.4) is 0 Å². The fourth-order valence-corrected chi connectivity index (χ4v) is 3.94. The van der Waals surface area contributed by atoms with E-state index in [-0.39, 0.29) is 17.4 Å². The summed E-state index contributed by atoms with van der Waals surface area (Å²) in [7, 11) is 2.01. The largest absolute Gasteiger partial charge is 0.348 e. The minimum atomic E-state index is -0.668. The van der Waals surface area contributed by atoms with Crippen molar-refractivity contribution in [2.24, 2.45) is 11.1 Å². The van der Waals surface area contributed by atoms with E-state index in [4.69, 9.17) is 10.7 Å². The van der Waals surface area contributed by atoms with Crippen LogP contribution in [0.2, 0.25) is 0 Å². The highest BCUT2D eigenvalue weighted by Gasteiger charge is 2.47. The molecule has 1 aromatic heterocycles. The Bertz CT molecular complexity index is 876. The lowest BCUT2D eigenvalue weighted by Crippen LogP contribution is -2.46. The van der Waals surface area contributed by atoms with E-state index in [2.05, 4.69) is 41.2 Å². The van der Waals surface area contributed by atoms with Crippen LogP contribution in [0.1, 0.15) is 56.0 Å². The van der Waals surface area contributed by atoms with E-state index in [0.29, 0.717) is 5.95 Å². The van der Waals surface area contributed by atoms with E-state index in [1.165, 1.54) is 5.56 Å². The maximum absolute atomic E-state index is 12.5. The third kappa shape index (κ3) is 3.87. The summed E-state index contributed by atoms with van der Waals surface area (Å²) in [6, 6.07) is 10.2. The maximum Gasteiger partial charge on any atom is 0.240 e. The van der Waals surface area contributed by atoms with Crippen molar-refractivity contribution in [3.63, 3.8) is 0 Å². The first-order valence-corrected chi connectivity index (χ1v) is 9.97. The Morgan fingerprint density at radius 1 is 1.29 bits per heavy atom. The molecule has 28 heavy (non-hydrogen) atoms. The fourth-order valence-electron chi connectivity index (χ4n) is 3.94. The minimum absolute atomic E-state index is 0.0496. The Hall–Kier alpha value is -2.47. The second-order valence-corrected chi connectivity index (χ2v) is 9.14. The normalized spacial score (nSPS) is 21.5. The first-order valence-electron chi connectivity index (χ1n) is 9.97. The molecule has 6 nitrogen and oxygen atoms in total. The van der Waals surface area contributed by atoms with Gasteiger partial charge in [0.2, 0.25) is 11.9 Å². The molecule has 0 saturated heterocycles. The summed E-state index contributed by atoms with van der Waals surface area (Å²) in [6.45, 7) is 5.19. The molecular formula is C22H29N5O. The monoisotopic (exact) mass is 379 g/mol. The second-order valence-electron chi connectivity index (χ2n) is 9.14. The molecule has 0 spiro atoms. The number of nitrogens with two attached hydrogens (primary N) is 1. The zero-order valence-corrected chi connectivity index (χ0v) is 16.9. The van der Waals surface area contributed by atoms with Gasteiger partial charge in [0.1, 0.15) is 0 Å². The number of carbonyl (C=O) groups is 1. The summed E-state index contributed by atoms with van der Waals surface area (Å²) in [5.41, 5.74) is 8.73. The van der Waals surface area contributed by atoms with Gasteiger partial charge in [0, 0.05) is 25.4 Å². The molecule has 2 aromatic rings. The van der Waals surface area contributed by atoms with Crippen LogP contribution in [0.4, 0.5) is 5.95 Å². The van der Waals surface area contributed by atoms with Crippen LogP contribution in [0.25, 0.3) is 0 Å². The molecule has 0 unspecified atom stereocenters. The molecule has 1 aromatic carbocycles. The third-order valence-corrected chi connectivity index (χ3v) is 5.82. The van der Waals surface area contributed by atoms with E-state index in [0.717, 1.165) is 43.5 Å². The highest BCUT2D eigenvalue weighted by atomic mass is 16.2.